The zero-order valence-electron chi connectivity index (χ0n) is 18.6. The Kier molecular flexibility index (Phi) is 6.72. The van der Waals surface area contributed by atoms with Crippen molar-refractivity contribution in [2.45, 2.75) is 13.0 Å². The summed E-state index contributed by atoms with van der Waals surface area (Å²) in [4.78, 5) is 25.0. The van der Waals surface area contributed by atoms with E-state index >= 15 is 0 Å². The summed E-state index contributed by atoms with van der Waals surface area (Å²) in [6, 6.07) is 21.4. The molecule has 170 valence electrons. The molecule has 7 heteroatoms. The van der Waals surface area contributed by atoms with E-state index in [4.69, 9.17) is 9.47 Å². The molecule has 1 N–H and O–H groups in total. The number of methoxy groups -OCH3 is 1. The van der Waals surface area contributed by atoms with Crippen LogP contribution in [-0.2, 0) is 4.74 Å². The van der Waals surface area contributed by atoms with Crippen molar-refractivity contribution in [1.29, 1.82) is 0 Å². The van der Waals surface area contributed by atoms with Crippen molar-refractivity contribution in [1.82, 2.24) is 5.01 Å². The molecule has 1 aliphatic rings. The highest BCUT2D eigenvalue weighted by atomic mass is 16.5. The number of aromatic carboxylic acids is 1. The van der Waals surface area contributed by atoms with Crippen LogP contribution in [-0.4, -0.2) is 54.9 Å². The summed E-state index contributed by atoms with van der Waals surface area (Å²) in [5.41, 5.74) is 2.94. The maximum absolute atomic E-state index is 13.8. The first-order valence-electron chi connectivity index (χ1n) is 10.8. The van der Waals surface area contributed by atoms with E-state index in [1.165, 1.54) is 12.1 Å². The van der Waals surface area contributed by atoms with Gasteiger partial charge in [-0.05, 0) is 55.0 Å². The smallest absolute Gasteiger partial charge is 0.335 e. The van der Waals surface area contributed by atoms with Crippen molar-refractivity contribution in [3.8, 4) is 16.9 Å². The molecule has 1 fully saturated rings. The Balaban J connectivity index is 1.73. The third-order valence-electron chi connectivity index (χ3n) is 5.58. The summed E-state index contributed by atoms with van der Waals surface area (Å²) in [6.45, 7) is 3.73. The lowest BCUT2D eigenvalue weighted by Crippen LogP contribution is -2.54. The number of ether oxygens (including phenoxy) is 2. The van der Waals surface area contributed by atoms with Gasteiger partial charge in [-0.2, -0.15) is 0 Å². The number of nitrogens with zero attached hydrogens (tertiary/aromatic N) is 2. The molecule has 33 heavy (non-hydrogen) atoms. The molecule has 0 saturated carbocycles. The number of para-hydroxylation sites is 1. The lowest BCUT2D eigenvalue weighted by atomic mass is 10.00. The fraction of sp³-hybridized carbons (Fsp3) is 0.231. The Bertz CT molecular complexity index is 1130. The van der Waals surface area contributed by atoms with Crippen molar-refractivity contribution in [2.75, 3.05) is 31.8 Å². The van der Waals surface area contributed by atoms with Crippen LogP contribution in [0.4, 0.5) is 5.69 Å². The molecule has 1 unspecified atom stereocenters. The zero-order valence-corrected chi connectivity index (χ0v) is 18.6. The van der Waals surface area contributed by atoms with E-state index in [0.717, 1.165) is 11.3 Å². The molecule has 3 aromatic rings. The Morgan fingerprint density at radius 3 is 2.36 bits per heavy atom. The van der Waals surface area contributed by atoms with E-state index in [9.17, 15) is 14.7 Å². The number of amides is 1. The standard InChI is InChI=1S/C26H26N2O5/c1-18-17-27(14-15-33-18)28(22-6-4-3-5-7-22)25(29)21-12-13-24(32-2)23(16-21)19-8-10-20(11-9-19)26(30)31/h3-13,16,18H,14-15,17H2,1-2H3,(H,30,31). The first kappa shape index (κ1) is 22.5. The Labute approximate surface area is 192 Å². The maximum Gasteiger partial charge on any atom is 0.335 e. The van der Waals surface area contributed by atoms with Gasteiger partial charge in [-0.3, -0.25) is 4.79 Å². The Hall–Kier alpha value is -3.68. The van der Waals surface area contributed by atoms with E-state index in [1.807, 2.05) is 42.3 Å². The monoisotopic (exact) mass is 446 g/mol. The third kappa shape index (κ3) is 4.89. The van der Waals surface area contributed by atoms with Crippen LogP contribution < -0.4 is 9.75 Å². The highest BCUT2D eigenvalue weighted by Gasteiger charge is 2.29. The van der Waals surface area contributed by atoms with Crippen molar-refractivity contribution >= 4 is 17.6 Å². The number of carboxylic acid groups (broad SMARTS) is 1. The topological polar surface area (TPSA) is 79.3 Å². The third-order valence-corrected chi connectivity index (χ3v) is 5.58. The number of hydrogen-bond acceptors (Lipinski definition) is 5. The van der Waals surface area contributed by atoms with Gasteiger partial charge in [0.25, 0.3) is 5.91 Å². The predicted molar refractivity (Wildman–Crippen MR) is 126 cm³/mol. The van der Waals surface area contributed by atoms with Gasteiger partial charge in [-0.15, -0.1) is 0 Å². The fourth-order valence-corrected chi connectivity index (χ4v) is 3.94. The second-order valence-corrected chi connectivity index (χ2v) is 7.84. The molecule has 0 bridgehead atoms. The molecule has 1 heterocycles. The molecule has 7 nitrogen and oxygen atoms in total. The average molecular weight is 447 g/mol. The highest BCUT2D eigenvalue weighted by Crippen LogP contribution is 2.32. The van der Waals surface area contributed by atoms with Gasteiger partial charge in [-0.1, -0.05) is 30.3 Å². The van der Waals surface area contributed by atoms with Gasteiger partial charge in [0.15, 0.2) is 0 Å². The van der Waals surface area contributed by atoms with Gasteiger partial charge in [0.05, 0.1) is 31.1 Å². The van der Waals surface area contributed by atoms with Crippen molar-refractivity contribution in [3.05, 3.63) is 83.9 Å². The van der Waals surface area contributed by atoms with E-state index < -0.39 is 5.97 Å². The number of hydrogen-bond donors (Lipinski definition) is 1. The van der Waals surface area contributed by atoms with E-state index in [-0.39, 0.29) is 17.6 Å². The predicted octanol–water partition coefficient (Wildman–Crippen LogP) is 4.34. The summed E-state index contributed by atoms with van der Waals surface area (Å²) in [5, 5.41) is 12.9. The van der Waals surface area contributed by atoms with Crippen LogP contribution in [0.5, 0.6) is 5.75 Å². The molecule has 0 radical (unpaired) electrons. The largest absolute Gasteiger partial charge is 0.496 e. The first-order valence-corrected chi connectivity index (χ1v) is 10.8. The molecule has 0 spiro atoms. The SMILES string of the molecule is COc1ccc(C(=O)N(c2ccccc2)N2CCOC(C)C2)cc1-c1ccc(C(=O)O)cc1. The number of hydrazine groups is 1. The van der Waals surface area contributed by atoms with Crippen LogP contribution in [0.25, 0.3) is 11.1 Å². The first-order chi connectivity index (χ1) is 16.0. The summed E-state index contributed by atoms with van der Waals surface area (Å²) in [5.74, 6) is -0.557. The van der Waals surface area contributed by atoms with Crippen LogP contribution in [0, 0.1) is 0 Å². The minimum atomic E-state index is -0.990. The van der Waals surface area contributed by atoms with Gasteiger partial charge in [0.2, 0.25) is 0 Å². The second kappa shape index (κ2) is 9.85. The fourth-order valence-electron chi connectivity index (χ4n) is 3.94. The van der Waals surface area contributed by atoms with Crippen LogP contribution in [0.3, 0.4) is 0 Å². The molecular weight excluding hydrogens is 420 g/mol. The molecule has 3 aromatic carbocycles. The van der Waals surface area contributed by atoms with Gasteiger partial charge >= 0.3 is 5.97 Å². The van der Waals surface area contributed by atoms with Gasteiger partial charge in [-0.25, -0.2) is 14.8 Å². The van der Waals surface area contributed by atoms with Crippen LogP contribution in [0.1, 0.15) is 27.6 Å². The highest BCUT2D eigenvalue weighted by molar-refractivity contribution is 6.06. The number of carbonyl (C=O) groups is 2. The number of rotatable bonds is 6. The number of carbonyl (C=O) groups excluding carboxylic acids is 1. The number of anilines is 1. The second-order valence-electron chi connectivity index (χ2n) is 7.84. The molecular formula is C26H26N2O5. The zero-order chi connectivity index (χ0) is 23.4. The summed E-state index contributed by atoms with van der Waals surface area (Å²) >= 11 is 0. The number of benzene rings is 3. The average Bonchev–Trinajstić information content (AvgIpc) is 2.84. The summed E-state index contributed by atoms with van der Waals surface area (Å²) in [7, 11) is 1.57. The van der Waals surface area contributed by atoms with Crippen molar-refractivity contribution in [3.63, 3.8) is 0 Å². The van der Waals surface area contributed by atoms with Crippen LogP contribution in [0.2, 0.25) is 0 Å². The number of carboxylic acids is 1. The number of morpholine rings is 1. The van der Waals surface area contributed by atoms with Crippen LogP contribution in [0.15, 0.2) is 72.8 Å². The molecule has 0 aliphatic carbocycles. The van der Waals surface area contributed by atoms with Gasteiger partial charge < -0.3 is 14.6 Å². The minimum Gasteiger partial charge on any atom is -0.496 e. The van der Waals surface area contributed by atoms with Crippen molar-refractivity contribution in [2.24, 2.45) is 0 Å². The van der Waals surface area contributed by atoms with Gasteiger partial charge in [0.1, 0.15) is 5.75 Å². The quantitative estimate of drug-likeness (QED) is 0.607. The Morgan fingerprint density at radius 2 is 1.73 bits per heavy atom. The van der Waals surface area contributed by atoms with Crippen molar-refractivity contribution < 1.29 is 24.2 Å². The molecule has 1 aliphatic heterocycles. The maximum atomic E-state index is 13.8. The van der Waals surface area contributed by atoms with Crippen LogP contribution >= 0.6 is 0 Å². The van der Waals surface area contributed by atoms with E-state index in [0.29, 0.717) is 36.6 Å². The normalized spacial score (nSPS) is 16.2. The minimum absolute atomic E-state index is 0.0111. The Morgan fingerprint density at radius 1 is 1.03 bits per heavy atom. The van der Waals surface area contributed by atoms with Gasteiger partial charge in [0, 0.05) is 24.2 Å². The molecule has 1 atom stereocenters. The van der Waals surface area contributed by atoms with E-state index in [2.05, 4.69) is 0 Å². The molecule has 0 aromatic heterocycles. The molecule has 4 rings (SSSR count). The molecule has 1 saturated heterocycles. The lowest BCUT2D eigenvalue weighted by Gasteiger charge is -2.39. The summed E-state index contributed by atoms with van der Waals surface area (Å²) < 4.78 is 11.2. The molecule has 1 amide bonds. The lowest BCUT2D eigenvalue weighted by molar-refractivity contribution is -0.0210. The van der Waals surface area contributed by atoms with E-state index in [1.54, 1.807) is 42.5 Å². The summed E-state index contributed by atoms with van der Waals surface area (Å²) in [6.07, 6.45) is 0.0111.